The standard InChI is InChI=1S/C21H18FNO5/c22-15-3-1-13(2-4-15)20(25)14-7-9-23(10-8-14)21(26)19-12-27-18-11-16(24)5-6-17(18)28-19/h1-6,11-12,14,24H,7-10H2. The van der Waals surface area contributed by atoms with E-state index < -0.39 is 0 Å². The first-order chi connectivity index (χ1) is 13.5. The number of benzene rings is 2. The number of rotatable bonds is 3. The molecule has 0 atom stereocenters. The minimum absolute atomic E-state index is 0.0303. The van der Waals surface area contributed by atoms with Crippen molar-refractivity contribution in [3.05, 3.63) is 65.9 Å². The summed E-state index contributed by atoms with van der Waals surface area (Å²) in [4.78, 5) is 26.9. The number of piperidine rings is 1. The van der Waals surface area contributed by atoms with Gasteiger partial charge in [0.25, 0.3) is 5.91 Å². The molecule has 2 aliphatic heterocycles. The van der Waals surface area contributed by atoms with Gasteiger partial charge >= 0.3 is 0 Å². The Morgan fingerprint density at radius 3 is 2.46 bits per heavy atom. The lowest BCUT2D eigenvalue weighted by molar-refractivity contribution is -0.130. The summed E-state index contributed by atoms with van der Waals surface area (Å²) in [6, 6.07) is 9.90. The van der Waals surface area contributed by atoms with Crippen LogP contribution in [-0.4, -0.2) is 34.8 Å². The largest absolute Gasteiger partial charge is 0.508 e. The third kappa shape index (κ3) is 3.55. The van der Waals surface area contributed by atoms with E-state index in [2.05, 4.69) is 0 Å². The molecular weight excluding hydrogens is 365 g/mol. The van der Waals surface area contributed by atoms with Gasteiger partial charge in [-0.15, -0.1) is 0 Å². The SMILES string of the molecule is O=C(c1ccc(F)cc1)C1CCN(C(=O)C2=COc3cc(O)ccc3O2)CC1. The predicted molar refractivity (Wildman–Crippen MR) is 97.5 cm³/mol. The van der Waals surface area contributed by atoms with Crippen molar-refractivity contribution in [2.45, 2.75) is 12.8 Å². The van der Waals surface area contributed by atoms with Crippen LogP contribution in [0.1, 0.15) is 23.2 Å². The van der Waals surface area contributed by atoms with Crippen molar-refractivity contribution in [1.82, 2.24) is 4.90 Å². The third-order valence-corrected chi connectivity index (χ3v) is 4.93. The van der Waals surface area contributed by atoms with E-state index in [9.17, 15) is 19.1 Å². The van der Waals surface area contributed by atoms with Crippen molar-refractivity contribution >= 4 is 11.7 Å². The van der Waals surface area contributed by atoms with Crippen LogP contribution < -0.4 is 9.47 Å². The summed E-state index contributed by atoms with van der Waals surface area (Å²) < 4.78 is 24.0. The topological polar surface area (TPSA) is 76.1 Å². The Morgan fingerprint density at radius 1 is 1.04 bits per heavy atom. The van der Waals surface area contributed by atoms with Gasteiger partial charge in [-0.1, -0.05) is 0 Å². The first kappa shape index (κ1) is 18.0. The van der Waals surface area contributed by atoms with Crippen LogP contribution in [0.3, 0.4) is 0 Å². The Bertz CT molecular complexity index is 946. The summed E-state index contributed by atoms with van der Waals surface area (Å²) in [6.45, 7) is 0.832. The molecule has 1 N–H and O–H groups in total. The van der Waals surface area contributed by atoms with Gasteiger partial charge in [0.2, 0.25) is 5.76 Å². The van der Waals surface area contributed by atoms with Crippen molar-refractivity contribution in [3.63, 3.8) is 0 Å². The number of hydrogen-bond acceptors (Lipinski definition) is 5. The fourth-order valence-electron chi connectivity index (χ4n) is 3.38. The Kier molecular flexibility index (Phi) is 4.73. The van der Waals surface area contributed by atoms with Gasteiger partial charge < -0.3 is 19.5 Å². The summed E-state index contributed by atoms with van der Waals surface area (Å²) in [5.41, 5.74) is 0.484. The molecule has 0 saturated carbocycles. The van der Waals surface area contributed by atoms with Crippen molar-refractivity contribution in [1.29, 1.82) is 0 Å². The molecule has 2 aromatic carbocycles. The van der Waals surface area contributed by atoms with Gasteiger partial charge in [0.15, 0.2) is 17.3 Å². The lowest BCUT2D eigenvalue weighted by Gasteiger charge is -2.32. The minimum atomic E-state index is -0.378. The molecule has 2 aromatic rings. The second-order valence-corrected chi connectivity index (χ2v) is 6.77. The van der Waals surface area contributed by atoms with Gasteiger partial charge in [-0.05, 0) is 49.2 Å². The number of nitrogens with zero attached hydrogens (tertiary/aromatic N) is 1. The maximum Gasteiger partial charge on any atom is 0.292 e. The Hall–Kier alpha value is -3.35. The molecule has 6 nitrogen and oxygen atoms in total. The fourth-order valence-corrected chi connectivity index (χ4v) is 3.38. The molecule has 1 amide bonds. The van der Waals surface area contributed by atoms with E-state index in [4.69, 9.17) is 9.47 Å². The monoisotopic (exact) mass is 383 g/mol. The Morgan fingerprint density at radius 2 is 1.75 bits per heavy atom. The van der Waals surface area contributed by atoms with Gasteiger partial charge in [-0.25, -0.2) is 4.39 Å². The highest BCUT2D eigenvalue weighted by Crippen LogP contribution is 2.36. The second-order valence-electron chi connectivity index (χ2n) is 6.77. The molecule has 0 spiro atoms. The Labute approximate surface area is 160 Å². The van der Waals surface area contributed by atoms with E-state index in [1.54, 1.807) is 4.90 Å². The predicted octanol–water partition coefficient (Wildman–Crippen LogP) is 3.27. The summed E-state index contributed by atoms with van der Waals surface area (Å²) in [6.07, 6.45) is 2.28. The molecule has 0 aromatic heterocycles. The number of hydrogen-bond donors (Lipinski definition) is 1. The average molecular weight is 383 g/mol. The van der Waals surface area contributed by atoms with Gasteiger partial charge in [-0.2, -0.15) is 0 Å². The molecule has 1 saturated heterocycles. The third-order valence-electron chi connectivity index (χ3n) is 4.93. The molecule has 0 aliphatic carbocycles. The molecule has 1 fully saturated rings. The molecule has 2 aliphatic rings. The number of carbonyl (C=O) groups excluding carboxylic acids is 2. The smallest absolute Gasteiger partial charge is 0.292 e. The van der Waals surface area contributed by atoms with Gasteiger partial charge in [0, 0.05) is 30.6 Å². The number of likely N-dealkylation sites (tertiary alicyclic amines) is 1. The molecule has 4 rings (SSSR count). The molecule has 0 bridgehead atoms. The molecule has 0 unspecified atom stereocenters. The van der Waals surface area contributed by atoms with E-state index in [0.717, 1.165) is 0 Å². The van der Waals surface area contributed by atoms with Crippen molar-refractivity contribution < 1.29 is 28.6 Å². The van der Waals surface area contributed by atoms with Crippen LogP contribution in [0.4, 0.5) is 4.39 Å². The van der Waals surface area contributed by atoms with Crippen molar-refractivity contribution in [2.24, 2.45) is 5.92 Å². The Balaban J connectivity index is 1.37. The van der Waals surface area contributed by atoms with Crippen LogP contribution in [-0.2, 0) is 4.79 Å². The number of carbonyl (C=O) groups is 2. The molecule has 144 valence electrons. The second kappa shape index (κ2) is 7.34. The first-order valence-electron chi connectivity index (χ1n) is 8.98. The van der Waals surface area contributed by atoms with Crippen molar-refractivity contribution in [3.8, 4) is 17.2 Å². The van der Waals surface area contributed by atoms with Crippen LogP contribution in [0.15, 0.2) is 54.5 Å². The lowest BCUT2D eigenvalue weighted by atomic mass is 9.89. The zero-order valence-corrected chi connectivity index (χ0v) is 14.9. The summed E-state index contributed by atoms with van der Waals surface area (Å²) >= 11 is 0. The van der Waals surface area contributed by atoms with Crippen LogP contribution >= 0.6 is 0 Å². The van der Waals surface area contributed by atoms with Crippen LogP contribution in [0.5, 0.6) is 17.2 Å². The zero-order valence-electron chi connectivity index (χ0n) is 14.9. The highest BCUT2D eigenvalue weighted by molar-refractivity contribution is 5.98. The van der Waals surface area contributed by atoms with E-state index in [-0.39, 0.29) is 34.9 Å². The van der Waals surface area contributed by atoms with Gasteiger partial charge in [-0.3, -0.25) is 9.59 Å². The molecular formula is C21H18FNO5. The lowest BCUT2D eigenvalue weighted by Crippen LogP contribution is -2.42. The number of phenolic OH excluding ortho intramolecular Hbond substituents is 1. The fraction of sp³-hybridized carbons (Fsp3) is 0.238. The number of amides is 1. The minimum Gasteiger partial charge on any atom is -0.508 e. The number of fused-ring (bicyclic) bond motifs is 1. The summed E-state index contributed by atoms with van der Waals surface area (Å²) in [5.74, 6) is -0.138. The highest BCUT2D eigenvalue weighted by Gasteiger charge is 2.31. The number of aromatic hydroxyl groups is 1. The van der Waals surface area contributed by atoms with E-state index >= 15 is 0 Å². The van der Waals surface area contributed by atoms with E-state index in [1.807, 2.05) is 0 Å². The number of halogens is 1. The van der Waals surface area contributed by atoms with E-state index in [0.29, 0.717) is 43.0 Å². The quantitative estimate of drug-likeness (QED) is 0.824. The normalized spacial score (nSPS) is 16.5. The number of phenols is 1. The van der Waals surface area contributed by atoms with E-state index in [1.165, 1.54) is 48.7 Å². The number of ketones is 1. The molecule has 28 heavy (non-hydrogen) atoms. The van der Waals surface area contributed by atoms with Gasteiger partial charge in [0.05, 0.1) is 0 Å². The average Bonchev–Trinajstić information content (AvgIpc) is 2.73. The molecule has 0 radical (unpaired) electrons. The number of Topliss-reactive ketones (excluding diaryl/α,β-unsaturated/α-hetero) is 1. The summed E-state index contributed by atoms with van der Waals surface area (Å²) in [5, 5.41) is 9.46. The van der Waals surface area contributed by atoms with Crippen LogP contribution in [0.2, 0.25) is 0 Å². The van der Waals surface area contributed by atoms with Crippen LogP contribution in [0.25, 0.3) is 0 Å². The van der Waals surface area contributed by atoms with Crippen molar-refractivity contribution in [2.75, 3.05) is 13.1 Å². The summed E-state index contributed by atoms with van der Waals surface area (Å²) in [7, 11) is 0. The first-order valence-corrected chi connectivity index (χ1v) is 8.98. The highest BCUT2D eigenvalue weighted by atomic mass is 19.1. The van der Waals surface area contributed by atoms with Crippen LogP contribution in [0, 0.1) is 11.7 Å². The number of ether oxygens (including phenoxy) is 2. The maximum absolute atomic E-state index is 13.0. The zero-order chi connectivity index (χ0) is 19.7. The maximum atomic E-state index is 13.0. The van der Waals surface area contributed by atoms with Gasteiger partial charge in [0.1, 0.15) is 17.8 Å². The molecule has 7 heteroatoms. The molecule has 2 heterocycles.